The molecule has 0 unspecified atom stereocenters. The highest BCUT2D eigenvalue weighted by atomic mass is 32.2. The molecule has 0 atom stereocenters. The van der Waals surface area contributed by atoms with Crippen molar-refractivity contribution in [1.82, 2.24) is 8.61 Å². The van der Waals surface area contributed by atoms with Gasteiger partial charge in [0.1, 0.15) is 0 Å². The van der Waals surface area contributed by atoms with E-state index in [-0.39, 0.29) is 13.1 Å². The molecule has 106 valence electrons. The van der Waals surface area contributed by atoms with E-state index in [1.807, 2.05) is 6.92 Å². The average Bonchev–Trinajstić information content (AvgIpc) is 2.54. The van der Waals surface area contributed by atoms with Crippen LogP contribution in [0.25, 0.3) is 0 Å². The number of hydrogen-bond acceptors (Lipinski definition) is 3. The minimum atomic E-state index is -3.33. The Morgan fingerprint density at radius 3 is 2.11 bits per heavy atom. The maximum atomic E-state index is 12.4. The van der Waals surface area contributed by atoms with Gasteiger partial charge in [0, 0.05) is 26.2 Å². The minimum absolute atomic E-state index is 0.264. The Kier molecular flexibility index (Phi) is 4.31. The van der Waals surface area contributed by atoms with E-state index < -0.39 is 15.8 Å². The highest BCUT2D eigenvalue weighted by molar-refractivity contribution is 7.86. The summed E-state index contributed by atoms with van der Waals surface area (Å²) >= 11 is 0. The first-order valence-electron chi connectivity index (χ1n) is 6.95. The van der Waals surface area contributed by atoms with Gasteiger partial charge in [0.2, 0.25) is 0 Å². The zero-order valence-electron chi connectivity index (χ0n) is 11.1. The van der Waals surface area contributed by atoms with Gasteiger partial charge in [-0.1, -0.05) is 26.2 Å². The number of β-amino-alcohol motifs (C(OH)–C–C–N with tert-alkyl or cyclic N) is 1. The molecule has 0 aromatic carbocycles. The van der Waals surface area contributed by atoms with Gasteiger partial charge >= 0.3 is 0 Å². The van der Waals surface area contributed by atoms with Crippen LogP contribution in [0.3, 0.4) is 0 Å². The number of nitrogens with zero attached hydrogens (tertiary/aromatic N) is 2. The second-order valence-electron chi connectivity index (χ2n) is 5.56. The van der Waals surface area contributed by atoms with Gasteiger partial charge in [0.05, 0.1) is 5.60 Å². The lowest BCUT2D eigenvalue weighted by Crippen LogP contribution is -2.65. The van der Waals surface area contributed by atoms with Crippen molar-refractivity contribution in [3.8, 4) is 0 Å². The molecule has 2 aliphatic rings. The largest absolute Gasteiger partial charge is 0.387 e. The minimum Gasteiger partial charge on any atom is -0.387 e. The van der Waals surface area contributed by atoms with E-state index >= 15 is 0 Å². The van der Waals surface area contributed by atoms with Crippen LogP contribution < -0.4 is 0 Å². The fourth-order valence-corrected chi connectivity index (χ4v) is 4.69. The molecule has 2 heterocycles. The van der Waals surface area contributed by atoms with Gasteiger partial charge < -0.3 is 5.11 Å². The molecule has 2 rings (SSSR count). The van der Waals surface area contributed by atoms with E-state index in [1.165, 1.54) is 4.31 Å². The van der Waals surface area contributed by atoms with E-state index in [0.29, 0.717) is 19.5 Å². The van der Waals surface area contributed by atoms with Crippen molar-refractivity contribution in [2.24, 2.45) is 0 Å². The van der Waals surface area contributed by atoms with E-state index in [9.17, 15) is 13.5 Å². The topological polar surface area (TPSA) is 60.9 Å². The molecule has 0 saturated carbocycles. The van der Waals surface area contributed by atoms with Crippen molar-refractivity contribution in [1.29, 1.82) is 0 Å². The fourth-order valence-electron chi connectivity index (χ4n) is 2.83. The third-order valence-electron chi connectivity index (χ3n) is 3.87. The maximum absolute atomic E-state index is 12.4. The third-order valence-corrected chi connectivity index (χ3v) is 5.80. The predicted octanol–water partition coefficient (Wildman–Crippen LogP) is 0.954. The molecule has 2 saturated heterocycles. The standard InChI is InChI=1S/C12H24N2O3S/c1-2-7-12(15)10-14(11-12)18(16,17)13-8-5-3-4-6-9-13/h15H,2-11H2,1H3. The molecule has 5 nitrogen and oxygen atoms in total. The fraction of sp³-hybridized carbons (Fsp3) is 1.00. The van der Waals surface area contributed by atoms with Crippen molar-refractivity contribution in [3.05, 3.63) is 0 Å². The third kappa shape index (κ3) is 2.87. The zero-order chi connectivity index (χ0) is 13.2. The molecular weight excluding hydrogens is 252 g/mol. The first-order valence-corrected chi connectivity index (χ1v) is 8.35. The van der Waals surface area contributed by atoms with Gasteiger partial charge in [0.25, 0.3) is 10.2 Å². The Hall–Kier alpha value is -0.170. The van der Waals surface area contributed by atoms with Gasteiger partial charge in [-0.25, -0.2) is 0 Å². The van der Waals surface area contributed by atoms with Crippen LogP contribution in [-0.2, 0) is 10.2 Å². The predicted molar refractivity (Wildman–Crippen MR) is 70.4 cm³/mol. The van der Waals surface area contributed by atoms with E-state index in [2.05, 4.69) is 0 Å². The highest BCUT2D eigenvalue weighted by Crippen LogP contribution is 2.30. The molecule has 0 radical (unpaired) electrons. The quantitative estimate of drug-likeness (QED) is 0.832. The van der Waals surface area contributed by atoms with Crippen molar-refractivity contribution >= 4 is 10.2 Å². The van der Waals surface area contributed by atoms with Crippen LogP contribution in [0.5, 0.6) is 0 Å². The van der Waals surface area contributed by atoms with Gasteiger partial charge in [-0.05, 0) is 19.3 Å². The number of hydrogen-bond donors (Lipinski definition) is 1. The van der Waals surface area contributed by atoms with Crippen molar-refractivity contribution in [2.45, 2.75) is 51.0 Å². The monoisotopic (exact) mass is 276 g/mol. The van der Waals surface area contributed by atoms with Crippen LogP contribution in [0.1, 0.15) is 45.4 Å². The first-order chi connectivity index (χ1) is 8.48. The highest BCUT2D eigenvalue weighted by Gasteiger charge is 2.47. The summed E-state index contributed by atoms with van der Waals surface area (Å²) < 4.78 is 27.7. The van der Waals surface area contributed by atoms with Crippen LogP contribution in [0, 0.1) is 0 Å². The summed E-state index contributed by atoms with van der Waals surface area (Å²) in [5.74, 6) is 0. The lowest BCUT2D eigenvalue weighted by molar-refractivity contribution is -0.0674. The molecule has 2 aliphatic heterocycles. The molecular formula is C12H24N2O3S. The Morgan fingerprint density at radius 2 is 1.61 bits per heavy atom. The Labute approximate surface area is 110 Å². The molecule has 0 spiro atoms. The van der Waals surface area contributed by atoms with Crippen molar-refractivity contribution in [3.63, 3.8) is 0 Å². The first kappa shape index (κ1) is 14.2. The summed E-state index contributed by atoms with van der Waals surface area (Å²) in [5, 5.41) is 10.1. The summed E-state index contributed by atoms with van der Waals surface area (Å²) in [6, 6.07) is 0. The Bertz CT molecular complexity index is 369. The Balaban J connectivity index is 1.96. The Morgan fingerprint density at radius 1 is 1.06 bits per heavy atom. The van der Waals surface area contributed by atoms with Crippen LogP contribution in [-0.4, -0.2) is 53.9 Å². The molecule has 2 fully saturated rings. The number of rotatable bonds is 4. The van der Waals surface area contributed by atoms with Gasteiger partial charge in [-0.15, -0.1) is 0 Å². The molecule has 0 aromatic heterocycles. The zero-order valence-corrected chi connectivity index (χ0v) is 12.0. The summed E-state index contributed by atoms with van der Waals surface area (Å²) in [4.78, 5) is 0. The van der Waals surface area contributed by atoms with Gasteiger partial charge in [0.15, 0.2) is 0 Å². The van der Waals surface area contributed by atoms with Crippen molar-refractivity contribution in [2.75, 3.05) is 26.2 Å². The molecule has 0 aromatic rings. The molecule has 1 N–H and O–H groups in total. The molecule has 18 heavy (non-hydrogen) atoms. The average molecular weight is 276 g/mol. The van der Waals surface area contributed by atoms with E-state index in [4.69, 9.17) is 0 Å². The molecule has 0 bridgehead atoms. The number of aliphatic hydroxyl groups is 1. The lowest BCUT2D eigenvalue weighted by atomic mass is 9.92. The summed E-state index contributed by atoms with van der Waals surface area (Å²) in [5.41, 5.74) is -0.784. The molecule has 0 amide bonds. The van der Waals surface area contributed by atoms with Crippen LogP contribution in [0.2, 0.25) is 0 Å². The van der Waals surface area contributed by atoms with Crippen LogP contribution in [0.15, 0.2) is 0 Å². The molecule has 6 heteroatoms. The normalized spacial score (nSPS) is 26.6. The lowest BCUT2D eigenvalue weighted by Gasteiger charge is -2.46. The van der Waals surface area contributed by atoms with Gasteiger partial charge in [-0.3, -0.25) is 0 Å². The molecule has 0 aliphatic carbocycles. The maximum Gasteiger partial charge on any atom is 0.282 e. The summed E-state index contributed by atoms with van der Waals surface area (Å²) in [6.07, 6.45) is 5.70. The summed E-state index contributed by atoms with van der Waals surface area (Å²) in [7, 11) is -3.33. The second kappa shape index (κ2) is 5.45. The van der Waals surface area contributed by atoms with Crippen LogP contribution in [0.4, 0.5) is 0 Å². The van der Waals surface area contributed by atoms with Gasteiger partial charge in [-0.2, -0.15) is 17.0 Å². The smallest absolute Gasteiger partial charge is 0.282 e. The van der Waals surface area contributed by atoms with E-state index in [0.717, 1.165) is 32.1 Å². The summed E-state index contributed by atoms with van der Waals surface area (Å²) in [6.45, 7) is 3.79. The van der Waals surface area contributed by atoms with Crippen LogP contribution >= 0.6 is 0 Å². The second-order valence-corrected chi connectivity index (χ2v) is 7.49. The SMILES string of the molecule is CCCC1(O)CN(S(=O)(=O)N2CCCCCC2)C1. The van der Waals surface area contributed by atoms with E-state index in [1.54, 1.807) is 4.31 Å². The van der Waals surface area contributed by atoms with Crippen molar-refractivity contribution < 1.29 is 13.5 Å².